The minimum Gasteiger partial charge on any atom is -0.346 e. The number of benzene rings is 1. The Morgan fingerprint density at radius 1 is 0.867 bits per heavy atom. The molecule has 11 nitrogen and oxygen atoms in total. The van der Waals surface area contributed by atoms with E-state index in [4.69, 9.17) is 4.84 Å². The third-order valence-electron chi connectivity index (χ3n) is 7.78. The van der Waals surface area contributed by atoms with Crippen LogP contribution in [0.5, 0.6) is 0 Å². The zero-order valence-electron chi connectivity index (χ0n) is 28.4. The molecule has 0 aliphatic carbocycles. The monoisotopic (exact) mass is 631 g/mol. The summed E-state index contributed by atoms with van der Waals surface area (Å²) >= 11 is 0. The zero-order chi connectivity index (χ0) is 33.6. The first-order valence-electron chi connectivity index (χ1n) is 16.7. The number of hydrogen-bond donors (Lipinski definition) is 3. The normalized spacial score (nSPS) is 19.6. The van der Waals surface area contributed by atoms with Crippen LogP contribution < -0.4 is 21.0 Å². The molecule has 2 unspecified atom stereocenters. The molecule has 3 aliphatic rings. The fourth-order valence-electron chi connectivity index (χ4n) is 4.87. The molecule has 4 rings (SSSR count). The number of para-hydroxylation sites is 1. The Bertz CT molecular complexity index is 1020. The fourth-order valence-corrected chi connectivity index (χ4v) is 4.87. The maximum absolute atomic E-state index is 12.1. The predicted octanol–water partition coefficient (Wildman–Crippen LogP) is 4.25. The van der Waals surface area contributed by atoms with Gasteiger partial charge in [-0.3, -0.25) is 33.9 Å². The van der Waals surface area contributed by atoms with Crippen LogP contribution in [0.4, 0.5) is 5.69 Å². The molecule has 3 aliphatic heterocycles. The lowest BCUT2D eigenvalue weighted by Gasteiger charge is -2.35. The van der Waals surface area contributed by atoms with Crippen molar-refractivity contribution in [3.05, 3.63) is 29.8 Å². The minimum absolute atomic E-state index is 0.154. The van der Waals surface area contributed by atoms with Gasteiger partial charge in [-0.2, -0.15) is 0 Å². The van der Waals surface area contributed by atoms with Gasteiger partial charge in [0, 0.05) is 25.3 Å². The molecule has 0 bridgehead atoms. The van der Waals surface area contributed by atoms with Crippen LogP contribution in [0, 0.1) is 0 Å². The molecule has 0 aromatic heterocycles. The summed E-state index contributed by atoms with van der Waals surface area (Å²) in [5.74, 6) is -0.454. The SMILES string of the molecule is CCCC.CCCCCC(=O)CC.CON1CC(C)c2ccccc21.O=C1CNC(=O)CNC(=O)C2CCCCN2C(=O)CN1. The average Bonchev–Trinajstić information content (AvgIpc) is 3.40. The van der Waals surface area contributed by atoms with E-state index in [2.05, 4.69) is 61.8 Å². The first-order valence-corrected chi connectivity index (χ1v) is 16.7. The topological polar surface area (TPSA) is 137 Å². The summed E-state index contributed by atoms with van der Waals surface area (Å²) in [6.07, 6.45) is 9.91. The van der Waals surface area contributed by atoms with Crippen LogP contribution in [0.25, 0.3) is 0 Å². The maximum atomic E-state index is 12.1. The molecule has 1 aromatic rings. The summed E-state index contributed by atoms with van der Waals surface area (Å²) < 4.78 is 0. The number of hydrogen-bond acceptors (Lipinski definition) is 7. The van der Waals surface area contributed by atoms with E-state index < -0.39 is 17.9 Å². The van der Waals surface area contributed by atoms with Crippen LogP contribution in [-0.4, -0.2) is 80.2 Å². The van der Waals surface area contributed by atoms with Gasteiger partial charge in [-0.15, -0.1) is 0 Å². The Kier molecular flexibility index (Phi) is 20.2. The second-order valence-corrected chi connectivity index (χ2v) is 11.4. The molecule has 0 saturated carbocycles. The first kappa shape index (κ1) is 39.6. The Labute approximate surface area is 270 Å². The van der Waals surface area contributed by atoms with E-state index in [1.807, 2.05) is 18.1 Å². The molecule has 0 spiro atoms. The molecule has 2 fully saturated rings. The van der Waals surface area contributed by atoms with Crippen molar-refractivity contribution >= 4 is 35.1 Å². The van der Waals surface area contributed by atoms with Crippen molar-refractivity contribution in [2.45, 2.75) is 111 Å². The smallest absolute Gasteiger partial charge is 0.243 e. The van der Waals surface area contributed by atoms with E-state index in [1.165, 1.54) is 41.8 Å². The lowest BCUT2D eigenvalue weighted by Crippen LogP contribution is -2.56. The van der Waals surface area contributed by atoms with Crippen molar-refractivity contribution in [2.24, 2.45) is 0 Å². The van der Waals surface area contributed by atoms with Crippen LogP contribution in [0.15, 0.2) is 24.3 Å². The molecule has 254 valence electrons. The number of Topliss-reactive ketones (excluding diaryl/α,β-unsaturated/α-hetero) is 1. The average molecular weight is 632 g/mol. The van der Waals surface area contributed by atoms with Gasteiger partial charge in [0.15, 0.2) is 0 Å². The van der Waals surface area contributed by atoms with E-state index >= 15 is 0 Å². The molecular weight excluding hydrogens is 574 g/mol. The van der Waals surface area contributed by atoms with Gasteiger partial charge in [0.2, 0.25) is 23.6 Å². The van der Waals surface area contributed by atoms with Crippen molar-refractivity contribution in [3.8, 4) is 0 Å². The predicted molar refractivity (Wildman–Crippen MR) is 178 cm³/mol. The molecule has 4 amide bonds. The number of piperidine rings is 1. The summed E-state index contributed by atoms with van der Waals surface area (Å²) in [5, 5.41) is 9.26. The molecule has 0 radical (unpaired) electrons. The first-order chi connectivity index (χ1) is 21.6. The molecule has 11 heteroatoms. The van der Waals surface area contributed by atoms with Crippen LogP contribution >= 0.6 is 0 Å². The quantitative estimate of drug-likeness (QED) is 0.383. The standard InChI is InChI=1S/C12H18N4O4.C10H13NO.C8H16O.C4H10/c17-9-5-13-10(18)6-15-12(20)8-3-1-2-4-16(8)11(19)7-14-9;1-8-7-11(12-2)10-6-4-3-5-9(8)10;1-3-5-6-7-8(9)4-2;1-3-4-2/h8H,1-7H2,(H,13,18)(H,14,17)(H,15,20);3-6,8H,7H2,1-2H3;3-7H2,1-2H3;3-4H2,1-2H3. The molecule has 3 N–H and O–H groups in total. The van der Waals surface area contributed by atoms with E-state index in [-0.39, 0.29) is 31.4 Å². The summed E-state index contributed by atoms with van der Waals surface area (Å²) in [6, 6.07) is 7.83. The second-order valence-electron chi connectivity index (χ2n) is 11.4. The summed E-state index contributed by atoms with van der Waals surface area (Å²) in [5.41, 5.74) is 2.60. The van der Waals surface area contributed by atoms with Crippen LogP contribution in [0.1, 0.15) is 110 Å². The summed E-state index contributed by atoms with van der Waals surface area (Å²) in [6.45, 7) is 11.6. The highest BCUT2D eigenvalue weighted by Gasteiger charge is 2.32. The third-order valence-corrected chi connectivity index (χ3v) is 7.78. The molecule has 2 saturated heterocycles. The van der Waals surface area contributed by atoms with Gasteiger partial charge in [0.1, 0.15) is 11.8 Å². The largest absolute Gasteiger partial charge is 0.346 e. The third kappa shape index (κ3) is 14.9. The Balaban J connectivity index is 0.000000344. The molecule has 45 heavy (non-hydrogen) atoms. The number of rotatable bonds is 7. The Hall–Kier alpha value is -3.47. The van der Waals surface area contributed by atoms with Crippen LogP contribution in [0.3, 0.4) is 0 Å². The number of hydroxylamine groups is 1. The van der Waals surface area contributed by atoms with Gasteiger partial charge in [-0.25, -0.2) is 0 Å². The molecular formula is C34H57N5O6. The lowest BCUT2D eigenvalue weighted by atomic mass is 10.0. The summed E-state index contributed by atoms with van der Waals surface area (Å²) in [7, 11) is 1.72. The number of carbonyl (C=O) groups is 5. The van der Waals surface area contributed by atoms with E-state index in [0.29, 0.717) is 31.1 Å². The highest BCUT2D eigenvalue weighted by atomic mass is 16.7. The highest BCUT2D eigenvalue weighted by molar-refractivity contribution is 5.94. The number of fused-ring (bicyclic) bond motifs is 2. The Morgan fingerprint density at radius 3 is 2.13 bits per heavy atom. The van der Waals surface area contributed by atoms with Crippen molar-refractivity contribution in [2.75, 3.05) is 44.9 Å². The van der Waals surface area contributed by atoms with E-state index in [1.54, 1.807) is 7.11 Å². The number of ketones is 1. The number of unbranched alkanes of at least 4 members (excludes halogenated alkanes) is 3. The van der Waals surface area contributed by atoms with Crippen molar-refractivity contribution in [3.63, 3.8) is 0 Å². The lowest BCUT2D eigenvalue weighted by molar-refractivity contribution is -0.143. The zero-order valence-corrected chi connectivity index (χ0v) is 28.4. The fraction of sp³-hybridized carbons (Fsp3) is 0.676. The number of amides is 4. The van der Waals surface area contributed by atoms with Crippen LogP contribution in [-0.2, 0) is 28.8 Å². The number of carbonyl (C=O) groups excluding carboxylic acids is 5. The van der Waals surface area contributed by atoms with Crippen LogP contribution in [0.2, 0.25) is 0 Å². The number of nitrogens with zero attached hydrogens (tertiary/aromatic N) is 2. The van der Waals surface area contributed by atoms with E-state index in [0.717, 1.165) is 32.2 Å². The van der Waals surface area contributed by atoms with Gasteiger partial charge >= 0.3 is 0 Å². The number of anilines is 1. The van der Waals surface area contributed by atoms with Crippen molar-refractivity contribution in [1.82, 2.24) is 20.9 Å². The van der Waals surface area contributed by atoms with Crippen molar-refractivity contribution in [1.29, 1.82) is 0 Å². The van der Waals surface area contributed by atoms with Gasteiger partial charge < -0.3 is 20.9 Å². The van der Waals surface area contributed by atoms with Gasteiger partial charge in [0.05, 0.1) is 39.0 Å². The minimum atomic E-state index is -0.555. The summed E-state index contributed by atoms with van der Waals surface area (Å²) in [4.78, 5) is 64.4. The van der Waals surface area contributed by atoms with Crippen molar-refractivity contribution < 1.29 is 28.8 Å². The molecule has 1 aromatic carbocycles. The molecule has 3 heterocycles. The highest BCUT2D eigenvalue weighted by Crippen LogP contribution is 2.35. The molecule has 2 atom stereocenters. The maximum Gasteiger partial charge on any atom is 0.243 e. The van der Waals surface area contributed by atoms with Gasteiger partial charge in [-0.05, 0) is 37.3 Å². The van der Waals surface area contributed by atoms with Gasteiger partial charge in [0.25, 0.3) is 0 Å². The van der Waals surface area contributed by atoms with E-state index in [9.17, 15) is 24.0 Å². The number of nitrogens with one attached hydrogen (secondary N) is 3. The Morgan fingerprint density at radius 2 is 1.51 bits per heavy atom. The second kappa shape index (κ2) is 23.0. The van der Waals surface area contributed by atoms with Gasteiger partial charge in [-0.1, -0.05) is 78.5 Å².